The van der Waals surface area contributed by atoms with Gasteiger partial charge < -0.3 is 29.7 Å². The maximum atomic E-state index is 13.6. The number of fused-ring (bicyclic) bond motifs is 4. The maximum absolute atomic E-state index is 13.6. The Hall–Kier alpha value is -5.65. The second-order valence-corrected chi connectivity index (χ2v) is 16.7. The van der Waals surface area contributed by atoms with E-state index >= 15 is 0 Å². The Balaban J connectivity index is 0.983. The first-order chi connectivity index (χ1) is 26.9. The summed E-state index contributed by atoms with van der Waals surface area (Å²) < 4.78 is 10.5. The summed E-state index contributed by atoms with van der Waals surface area (Å²) in [5, 5.41) is 4.97. The number of hydrogen-bond donors (Lipinski definition) is 3. The number of aromatic amines is 2. The van der Waals surface area contributed by atoms with Crippen LogP contribution in [0, 0.1) is 5.92 Å². The lowest BCUT2D eigenvalue weighted by molar-refractivity contribution is -0.135. The first kappa shape index (κ1) is 37.3. The summed E-state index contributed by atoms with van der Waals surface area (Å²) in [5.74, 6) is 1.37. The number of rotatable bonds is 7. The zero-order valence-electron chi connectivity index (χ0n) is 33.1. The molecule has 292 valence electrons. The van der Waals surface area contributed by atoms with Gasteiger partial charge in [0.2, 0.25) is 5.91 Å². The molecule has 56 heavy (non-hydrogen) atoms. The van der Waals surface area contributed by atoms with Crippen molar-refractivity contribution in [1.82, 2.24) is 35.1 Å². The third kappa shape index (κ3) is 7.24. The van der Waals surface area contributed by atoms with Crippen molar-refractivity contribution in [2.45, 2.75) is 96.9 Å². The molecule has 8 rings (SSSR count). The molecule has 0 saturated carbocycles. The van der Waals surface area contributed by atoms with Crippen molar-refractivity contribution in [2.75, 3.05) is 20.2 Å². The van der Waals surface area contributed by atoms with Gasteiger partial charge in [-0.25, -0.2) is 19.6 Å². The average molecular weight is 758 g/mol. The number of hydrogen-bond acceptors (Lipinski definition) is 7. The zero-order valence-corrected chi connectivity index (χ0v) is 33.1. The first-order valence-corrected chi connectivity index (χ1v) is 19.8. The average Bonchev–Trinajstić information content (AvgIpc) is 4.01. The Kier molecular flexibility index (Phi) is 9.84. The Labute approximate surface area is 327 Å². The standard InChI is InChI=1S/C44H51N7O5/c1-25(2)37(49-42(53)55-6)41(52)50-19-7-9-35(50)39-45-24-34(47-39)31-14-13-27-21-26(11-12-28(27)23-31)29-15-17-32-30(22-29)16-18-33-38(32)48-40(46-33)36-10-8-20-51(36)43(54)56-44(3,4)5/h11-15,17,21-25,35-37H,7-10,16,18-20H2,1-6H3,(H,45,47)(H,46,48)(H,49,53)/t35-,36-,37-/m0/s1. The molecule has 2 fully saturated rings. The summed E-state index contributed by atoms with van der Waals surface area (Å²) >= 11 is 0. The van der Waals surface area contributed by atoms with Crippen molar-refractivity contribution in [3.63, 3.8) is 0 Å². The minimum Gasteiger partial charge on any atom is -0.453 e. The number of alkyl carbamates (subject to hydrolysis) is 1. The van der Waals surface area contributed by atoms with Gasteiger partial charge in [0, 0.05) is 24.2 Å². The van der Waals surface area contributed by atoms with Crippen molar-refractivity contribution in [1.29, 1.82) is 0 Å². The normalized spacial score (nSPS) is 18.6. The predicted octanol–water partition coefficient (Wildman–Crippen LogP) is 8.50. The van der Waals surface area contributed by atoms with E-state index in [0.717, 1.165) is 89.2 Å². The van der Waals surface area contributed by atoms with Crippen molar-refractivity contribution >= 4 is 28.9 Å². The number of likely N-dealkylation sites (tertiary alicyclic amines) is 2. The number of carbonyl (C=O) groups is 3. The van der Waals surface area contributed by atoms with Gasteiger partial charge >= 0.3 is 12.2 Å². The van der Waals surface area contributed by atoms with Crippen LogP contribution in [0.15, 0.2) is 60.8 Å². The molecule has 3 aromatic carbocycles. The molecule has 2 aliphatic heterocycles. The van der Waals surface area contributed by atoms with Gasteiger partial charge in [-0.2, -0.15) is 0 Å². The van der Waals surface area contributed by atoms with Crippen LogP contribution >= 0.6 is 0 Å². The molecule has 0 bridgehead atoms. The van der Waals surface area contributed by atoms with E-state index in [9.17, 15) is 14.4 Å². The lowest BCUT2D eigenvalue weighted by atomic mass is 9.89. The number of ether oxygens (including phenoxy) is 2. The van der Waals surface area contributed by atoms with Crippen molar-refractivity contribution in [3.8, 4) is 33.6 Å². The molecule has 3 amide bonds. The Morgan fingerprint density at radius 2 is 1.50 bits per heavy atom. The number of aromatic nitrogens is 4. The monoisotopic (exact) mass is 757 g/mol. The van der Waals surface area contributed by atoms with Crippen LogP contribution in [0.2, 0.25) is 0 Å². The zero-order chi connectivity index (χ0) is 39.3. The fraction of sp³-hybridized carbons (Fsp3) is 0.432. The van der Waals surface area contributed by atoms with E-state index in [4.69, 9.17) is 19.4 Å². The number of benzene rings is 3. The molecule has 3 aliphatic rings. The lowest BCUT2D eigenvalue weighted by Gasteiger charge is -2.30. The summed E-state index contributed by atoms with van der Waals surface area (Å²) in [6.07, 6.45) is 6.13. The molecule has 2 saturated heterocycles. The van der Waals surface area contributed by atoms with Crippen LogP contribution in [0.25, 0.3) is 44.4 Å². The predicted molar refractivity (Wildman–Crippen MR) is 215 cm³/mol. The molecule has 0 unspecified atom stereocenters. The Morgan fingerprint density at radius 3 is 2.21 bits per heavy atom. The van der Waals surface area contributed by atoms with E-state index in [-0.39, 0.29) is 30.0 Å². The molecular weight excluding hydrogens is 707 g/mol. The van der Waals surface area contributed by atoms with E-state index in [0.29, 0.717) is 13.1 Å². The van der Waals surface area contributed by atoms with Gasteiger partial charge in [-0.1, -0.05) is 56.3 Å². The minimum absolute atomic E-state index is 0.0953. The molecule has 3 N–H and O–H groups in total. The summed E-state index contributed by atoms with van der Waals surface area (Å²) in [4.78, 5) is 59.1. The Bertz CT molecular complexity index is 2300. The number of nitrogens with zero attached hydrogens (tertiary/aromatic N) is 4. The molecule has 12 heteroatoms. The third-order valence-electron chi connectivity index (χ3n) is 11.3. The SMILES string of the molecule is COC(=O)N[C@H](C(=O)N1CCC[C@H]1c1ncc(-c2ccc3cc(-c4ccc5c(c4)CCc4nc([C@@H]6CCCN6C(=O)OC(C)(C)C)[nH]c4-5)ccc3c2)[nH]1)C(C)C. The summed E-state index contributed by atoms with van der Waals surface area (Å²) in [7, 11) is 1.30. The maximum Gasteiger partial charge on any atom is 0.410 e. The van der Waals surface area contributed by atoms with Gasteiger partial charge in [0.25, 0.3) is 0 Å². The fourth-order valence-corrected chi connectivity index (χ4v) is 8.50. The molecule has 12 nitrogen and oxygen atoms in total. The van der Waals surface area contributed by atoms with E-state index < -0.39 is 17.7 Å². The molecule has 1 aliphatic carbocycles. The number of aryl methyl sites for hydroxylation is 2. The number of methoxy groups -OCH3 is 1. The summed E-state index contributed by atoms with van der Waals surface area (Å²) in [6.45, 7) is 10.8. The largest absolute Gasteiger partial charge is 0.453 e. The highest BCUT2D eigenvalue weighted by Gasteiger charge is 2.38. The third-order valence-corrected chi connectivity index (χ3v) is 11.3. The second kappa shape index (κ2) is 14.8. The highest BCUT2D eigenvalue weighted by atomic mass is 16.6. The number of H-pyrrole nitrogens is 2. The second-order valence-electron chi connectivity index (χ2n) is 16.7. The topological polar surface area (TPSA) is 146 Å². The first-order valence-electron chi connectivity index (χ1n) is 19.8. The molecule has 5 aromatic rings. The molecule has 2 aromatic heterocycles. The van der Waals surface area contributed by atoms with Crippen LogP contribution in [0.1, 0.15) is 95.3 Å². The van der Waals surface area contributed by atoms with Crippen LogP contribution in [-0.4, -0.2) is 79.7 Å². The van der Waals surface area contributed by atoms with E-state index in [2.05, 4.69) is 69.9 Å². The van der Waals surface area contributed by atoms with Gasteiger partial charge in [0.1, 0.15) is 23.3 Å². The number of amides is 3. The quantitative estimate of drug-likeness (QED) is 0.151. The van der Waals surface area contributed by atoms with Gasteiger partial charge in [-0.3, -0.25) is 9.69 Å². The fourth-order valence-electron chi connectivity index (χ4n) is 8.50. The summed E-state index contributed by atoms with van der Waals surface area (Å²) in [6, 6.07) is 18.7. The number of nitrogens with one attached hydrogen (secondary N) is 3. The van der Waals surface area contributed by atoms with Gasteiger partial charge in [-0.15, -0.1) is 0 Å². The smallest absolute Gasteiger partial charge is 0.410 e. The molecule has 3 atom stereocenters. The molecule has 0 radical (unpaired) electrons. The van der Waals surface area contributed by atoms with Crippen LogP contribution in [0.5, 0.6) is 0 Å². The van der Waals surface area contributed by atoms with Crippen LogP contribution in [0.4, 0.5) is 9.59 Å². The number of imidazole rings is 2. The Morgan fingerprint density at radius 1 is 0.839 bits per heavy atom. The van der Waals surface area contributed by atoms with Crippen molar-refractivity contribution in [3.05, 3.63) is 83.7 Å². The highest BCUT2D eigenvalue weighted by Crippen LogP contribution is 2.39. The van der Waals surface area contributed by atoms with Gasteiger partial charge in [0.15, 0.2) is 0 Å². The van der Waals surface area contributed by atoms with Crippen molar-refractivity contribution < 1.29 is 23.9 Å². The van der Waals surface area contributed by atoms with Gasteiger partial charge in [-0.05, 0) is 105 Å². The van der Waals surface area contributed by atoms with Crippen LogP contribution < -0.4 is 5.32 Å². The van der Waals surface area contributed by atoms with E-state index in [1.807, 2.05) is 50.6 Å². The van der Waals surface area contributed by atoms with Crippen LogP contribution in [-0.2, 0) is 27.1 Å². The van der Waals surface area contributed by atoms with Gasteiger partial charge in [0.05, 0.1) is 42.5 Å². The minimum atomic E-state index is -0.678. The molecular formula is C44H51N7O5. The molecule has 0 spiro atoms. The summed E-state index contributed by atoms with van der Waals surface area (Å²) in [5.41, 5.74) is 8.25. The van der Waals surface area contributed by atoms with Crippen molar-refractivity contribution in [2.24, 2.45) is 5.92 Å². The van der Waals surface area contributed by atoms with E-state index in [1.54, 1.807) is 0 Å². The lowest BCUT2D eigenvalue weighted by Crippen LogP contribution is -2.51. The molecule has 4 heterocycles. The highest BCUT2D eigenvalue weighted by molar-refractivity contribution is 5.91. The van der Waals surface area contributed by atoms with E-state index in [1.165, 1.54) is 23.8 Å². The van der Waals surface area contributed by atoms with Crippen LogP contribution in [0.3, 0.4) is 0 Å². The number of carbonyl (C=O) groups excluding carboxylic acids is 3.